The summed E-state index contributed by atoms with van der Waals surface area (Å²) in [6.45, 7) is 4.24. The molecule has 0 unspecified atom stereocenters. The van der Waals surface area contributed by atoms with Crippen molar-refractivity contribution in [1.29, 1.82) is 0 Å². The molecule has 0 aliphatic carbocycles. The quantitative estimate of drug-likeness (QED) is 0.798. The van der Waals surface area contributed by atoms with Gasteiger partial charge in [-0.3, -0.25) is 0 Å². The standard InChI is InChI=1S/C14H14Br2N2O/c1-8(2)11-5-9(15)3-4-13(11)19-14-12(17)6-10(16)7-18-14/h3-8H,17H2,1-2H3. The minimum Gasteiger partial charge on any atom is -0.437 e. The number of halogens is 2. The molecular formula is C14H14Br2N2O. The Morgan fingerprint density at radius 3 is 2.53 bits per heavy atom. The Kier molecular flexibility index (Phi) is 4.47. The van der Waals surface area contributed by atoms with E-state index in [4.69, 9.17) is 10.5 Å². The Balaban J connectivity index is 2.38. The lowest BCUT2D eigenvalue weighted by molar-refractivity contribution is 0.456. The first-order valence-electron chi connectivity index (χ1n) is 5.85. The zero-order chi connectivity index (χ0) is 14.0. The van der Waals surface area contributed by atoms with Crippen molar-refractivity contribution in [3.8, 4) is 11.6 Å². The van der Waals surface area contributed by atoms with Gasteiger partial charge in [-0.1, -0.05) is 29.8 Å². The number of rotatable bonds is 3. The van der Waals surface area contributed by atoms with Crippen molar-refractivity contribution in [1.82, 2.24) is 4.98 Å². The van der Waals surface area contributed by atoms with Crippen LogP contribution in [0.2, 0.25) is 0 Å². The normalized spacial score (nSPS) is 10.8. The Hall–Kier alpha value is -1.07. The molecule has 0 amide bonds. The molecule has 0 atom stereocenters. The summed E-state index contributed by atoms with van der Waals surface area (Å²) in [7, 11) is 0. The minimum absolute atomic E-state index is 0.351. The third kappa shape index (κ3) is 3.48. The highest BCUT2D eigenvalue weighted by molar-refractivity contribution is 9.10. The van der Waals surface area contributed by atoms with Gasteiger partial charge in [-0.05, 0) is 51.7 Å². The van der Waals surface area contributed by atoms with Crippen molar-refractivity contribution in [3.63, 3.8) is 0 Å². The van der Waals surface area contributed by atoms with Crippen molar-refractivity contribution >= 4 is 37.5 Å². The summed E-state index contributed by atoms with van der Waals surface area (Å²) in [6, 6.07) is 7.68. The molecule has 0 aliphatic heterocycles. The highest BCUT2D eigenvalue weighted by Gasteiger charge is 2.12. The van der Waals surface area contributed by atoms with Gasteiger partial charge in [0.2, 0.25) is 5.88 Å². The van der Waals surface area contributed by atoms with Crippen LogP contribution in [-0.4, -0.2) is 4.98 Å². The highest BCUT2D eigenvalue weighted by atomic mass is 79.9. The van der Waals surface area contributed by atoms with Crippen LogP contribution in [0.4, 0.5) is 5.69 Å². The van der Waals surface area contributed by atoms with Crippen LogP contribution in [0.1, 0.15) is 25.3 Å². The first-order valence-corrected chi connectivity index (χ1v) is 7.44. The molecule has 2 N–H and O–H groups in total. The van der Waals surface area contributed by atoms with Gasteiger partial charge in [0, 0.05) is 15.1 Å². The molecule has 0 saturated carbocycles. The Morgan fingerprint density at radius 1 is 1.16 bits per heavy atom. The maximum atomic E-state index is 5.90. The first-order chi connectivity index (χ1) is 8.97. The van der Waals surface area contributed by atoms with Crippen LogP contribution in [0.25, 0.3) is 0 Å². The summed E-state index contributed by atoms with van der Waals surface area (Å²) in [4.78, 5) is 4.19. The van der Waals surface area contributed by atoms with E-state index in [1.807, 2.05) is 12.1 Å². The van der Waals surface area contributed by atoms with E-state index < -0.39 is 0 Å². The van der Waals surface area contributed by atoms with E-state index in [2.05, 4.69) is 56.8 Å². The van der Waals surface area contributed by atoms with E-state index in [1.54, 1.807) is 12.3 Å². The predicted octanol–water partition coefficient (Wildman–Crippen LogP) is 5.10. The number of nitrogen functional groups attached to an aromatic ring is 1. The van der Waals surface area contributed by atoms with Crippen molar-refractivity contribution < 1.29 is 4.74 Å². The second-order valence-corrected chi connectivity index (χ2v) is 6.32. The molecule has 0 aliphatic rings. The molecule has 0 saturated heterocycles. The zero-order valence-electron chi connectivity index (χ0n) is 10.7. The number of pyridine rings is 1. The van der Waals surface area contributed by atoms with Crippen molar-refractivity contribution in [2.75, 3.05) is 5.73 Å². The fraction of sp³-hybridized carbons (Fsp3) is 0.214. The average molecular weight is 386 g/mol. The van der Waals surface area contributed by atoms with E-state index in [-0.39, 0.29) is 0 Å². The third-order valence-electron chi connectivity index (χ3n) is 2.65. The second-order valence-electron chi connectivity index (χ2n) is 4.49. The smallest absolute Gasteiger partial charge is 0.242 e. The summed E-state index contributed by atoms with van der Waals surface area (Å²) in [5.41, 5.74) is 7.51. The lowest BCUT2D eigenvalue weighted by Crippen LogP contribution is -1.98. The molecule has 100 valence electrons. The van der Waals surface area contributed by atoms with Gasteiger partial charge in [-0.25, -0.2) is 4.98 Å². The van der Waals surface area contributed by atoms with Crippen LogP contribution in [0.15, 0.2) is 39.4 Å². The zero-order valence-corrected chi connectivity index (χ0v) is 13.8. The molecule has 0 spiro atoms. The van der Waals surface area contributed by atoms with E-state index in [1.165, 1.54) is 0 Å². The summed E-state index contributed by atoms with van der Waals surface area (Å²) in [5.74, 6) is 1.55. The van der Waals surface area contributed by atoms with Gasteiger partial charge in [-0.2, -0.15) is 0 Å². The van der Waals surface area contributed by atoms with E-state index in [9.17, 15) is 0 Å². The molecule has 2 aromatic rings. The largest absolute Gasteiger partial charge is 0.437 e. The van der Waals surface area contributed by atoms with Crippen LogP contribution in [-0.2, 0) is 0 Å². The Labute approximate surface area is 129 Å². The minimum atomic E-state index is 0.351. The number of hydrogen-bond acceptors (Lipinski definition) is 3. The maximum absolute atomic E-state index is 5.90. The molecule has 1 aromatic heterocycles. The number of nitrogens with zero attached hydrogens (tertiary/aromatic N) is 1. The predicted molar refractivity (Wildman–Crippen MR) is 84.7 cm³/mol. The van der Waals surface area contributed by atoms with Crippen LogP contribution < -0.4 is 10.5 Å². The van der Waals surface area contributed by atoms with E-state index in [0.29, 0.717) is 17.5 Å². The highest BCUT2D eigenvalue weighted by Crippen LogP contribution is 2.34. The van der Waals surface area contributed by atoms with Crippen LogP contribution in [0.3, 0.4) is 0 Å². The van der Waals surface area contributed by atoms with Crippen LogP contribution in [0, 0.1) is 0 Å². The van der Waals surface area contributed by atoms with Crippen LogP contribution >= 0.6 is 31.9 Å². The molecule has 1 aromatic carbocycles. The molecule has 3 nitrogen and oxygen atoms in total. The monoisotopic (exact) mass is 384 g/mol. The van der Waals surface area contributed by atoms with Gasteiger partial charge in [0.15, 0.2) is 0 Å². The Morgan fingerprint density at radius 2 is 1.89 bits per heavy atom. The van der Waals surface area contributed by atoms with E-state index >= 15 is 0 Å². The van der Waals surface area contributed by atoms with Gasteiger partial charge in [0.1, 0.15) is 5.75 Å². The number of hydrogen-bond donors (Lipinski definition) is 1. The fourth-order valence-corrected chi connectivity index (χ4v) is 2.42. The number of nitrogens with two attached hydrogens (primary N) is 1. The molecule has 19 heavy (non-hydrogen) atoms. The summed E-state index contributed by atoms with van der Waals surface area (Å²) >= 11 is 6.80. The third-order valence-corrected chi connectivity index (χ3v) is 3.57. The molecule has 0 fully saturated rings. The van der Waals surface area contributed by atoms with Crippen LogP contribution in [0.5, 0.6) is 11.6 Å². The Bertz CT molecular complexity index is 600. The maximum Gasteiger partial charge on any atom is 0.242 e. The van der Waals surface area contributed by atoms with Crippen molar-refractivity contribution in [2.24, 2.45) is 0 Å². The molecule has 0 bridgehead atoms. The van der Waals surface area contributed by atoms with Gasteiger partial charge in [-0.15, -0.1) is 0 Å². The molecule has 2 rings (SSSR count). The number of anilines is 1. The summed E-state index contributed by atoms with van der Waals surface area (Å²) < 4.78 is 7.69. The average Bonchev–Trinajstić information content (AvgIpc) is 2.34. The molecule has 1 heterocycles. The second kappa shape index (κ2) is 5.92. The lowest BCUT2D eigenvalue weighted by Gasteiger charge is -2.14. The number of ether oxygens (including phenoxy) is 1. The summed E-state index contributed by atoms with van der Waals surface area (Å²) in [5, 5.41) is 0. The lowest BCUT2D eigenvalue weighted by atomic mass is 10.0. The molecule has 5 heteroatoms. The SMILES string of the molecule is CC(C)c1cc(Br)ccc1Oc1ncc(Br)cc1N. The molecular weight excluding hydrogens is 372 g/mol. The topological polar surface area (TPSA) is 48.1 Å². The van der Waals surface area contributed by atoms with Gasteiger partial charge >= 0.3 is 0 Å². The summed E-state index contributed by atoms with van der Waals surface area (Å²) in [6.07, 6.45) is 1.67. The van der Waals surface area contributed by atoms with Crippen molar-refractivity contribution in [2.45, 2.75) is 19.8 Å². The van der Waals surface area contributed by atoms with Gasteiger partial charge in [0.05, 0.1) is 5.69 Å². The first kappa shape index (κ1) is 14.3. The van der Waals surface area contributed by atoms with E-state index in [0.717, 1.165) is 20.3 Å². The number of aromatic nitrogens is 1. The van der Waals surface area contributed by atoms with Gasteiger partial charge < -0.3 is 10.5 Å². The van der Waals surface area contributed by atoms with Crippen molar-refractivity contribution in [3.05, 3.63) is 45.0 Å². The fourth-order valence-electron chi connectivity index (χ4n) is 1.70. The van der Waals surface area contributed by atoms with Gasteiger partial charge in [0.25, 0.3) is 0 Å². The molecule has 0 radical (unpaired) electrons. The number of benzene rings is 1.